The number of hydrogen-bond donors (Lipinski definition) is 2. The maximum Gasteiger partial charge on any atom is 0.254 e. The molecule has 1 fully saturated rings. The topological polar surface area (TPSA) is 93.2 Å². The molecule has 3 rings (SSSR count). The predicted octanol–water partition coefficient (Wildman–Crippen LogP) is 1.21. The highest BCUT2D eigenvalue weighted by atomic mass is 16.2. The van der Waals surface area contributed by atoms with Crippen molar-refractivity contribution < 1.29 is 9.59 Å². The normalized spacial score (nSPS) is 15.0. The largest absolute Gasteiger partial charge is 0.399 e. The molecule has 1 aliphatic rings. The van der Waals surface area contributed by atoms with E-state index < -0.39 is 0 Å². The van der Waals surface area contributed by atoms with E-state index in [0.717, 1.165) is 31.5 Å². The van der Waals surface area contributed by atoms with Crippen LogP contribution in [-0.4, -0.2) is 46.1 Å². The third kappa shape index (κ3) is 4.62. The molecule has 0 aliphatic carbocycles. The zero-order valence-electron chi connectivity index (χ0n) is 15.0. The molecule has 2 aromatic rings. The third-order valence-electron chi connectivity index (χ3n) is 4.82. The van der Waals surface area contributed by atoms with Gasteiger partial charge in [0, 0.05) is 38.6 Å². The van der Waals surface area contributed by atoms with Crippen LogP contribution in [0, 0.1) is 5.92 Å². The molecule has 2 heterocycles. The highest BCUT2D eigenvalue weighted by Crippen LogP contribution is 2.18. The summed E-state index contributed by atoms with van der Waals surface area (Å²) >= 11 is 0. The molecule has 1 aromatic carbocycles. The van der Waals surface area contributed by atoms with Gasteiger partial charge in [-0.05, 0) is 36.5 Å². The Balaban J connectivity index is 1.41. The Bertz CT molecular complexity index is 760. The Morgan fingerprint density at radius 3 is 2.54 bits per heavy atom. The van der Waals surface area contributed by atoms with E-state index in [0.29, 0.717) is 30.1 Å². The lowest BCUT2D eigenvalue weighted by Gasteiger charge is -2.32. The second-order valence-corrected chi connectivity index (χ2v) is 6.86. The minimum Gasteiger partial charge on any atom is -0.399 e. The number of nitrogens with one attached hydrogen (secondary N) is 1. The van der Waals surface area contributed by atoms with Gasteiger partial charge in [-0.2, -0.15) is 5.10 Å². The number of aryl methyl sites for hydroxylation is 1. The number of nitrogen functional groups attached to an aromatic ring is 1. The van der Waals surface area contributed by atoms with Crippen molar-refractivity contribution in [2.75, 3.05) is 25.4 Å². The molecule has 138 valence electrons. The number of aromatic nitrogens is 2. The first-order valence-corrected chi connectivity index (χ1v) is 8.90. The zero-order chi connectivity index (χ0) is 18.5. The summed E-state index contributed by atoms with van der Waals surface area (Å²) in [6.45, 7) is 2.11. The highest BCUT2D eigenvalue weighted by molar-refractivity contribution is 5.93. The van der Waals surface area contributed by atoms with Crippen molar-refractivity contribution in [3.63, 3.8) is 0 Å². The van der Waals surface area contributed by atoms with Crippen LogP contribution < -0.4 is 11.1 Å². The fraction of sp³-hybridized carbons (Fsp3) is 0.421. The van der Waals surface area contributed by atoms with E-state index in [1.807, 2.05) is 29.2 Å². The van der Waals surface area contributed by atoms with E-state index in [1.165, 1.54) is 0 Å². The first-order chi connectivity index (χ1) is 12.5. The molecule has 2 amide bonds. The number of nitrogens with zero attached hydrogens (tertiary/aromatic N) is 3. The van der Waals surface area contributed by atoms with E-state index in [-0.39, 0.29) is 11.8 Å². The maximum atomic E-state index is 12.4. The molecule has 0 unspecified atom stereocenters. The predicted molar refractivity (Wildman–Crippen MR) is 99.4 cm³/mol. The molecule has 26 heavy (non-hydrogen) atoms. The summed E-state index contributed by atoms with van der Waals surface area (Å²) in [5.41, 5.74) is 7.93. The zero-order valence-corrected chi connectivity index (χ0v) is 15.0. The molecule has 0 atom stereocenters. The molecule has 7 nitrogen and oxygen atoms in total. The number of nitrogens with two attached hydrogens (primary N) is 1. The number of rotatable bonds is 5. The maximum absolute atomic E-state index is 12.4. The highest BCUT2D eigenvalue weighted by Gasteiger charge is 2.23. The molecule has 1 saturated heterocycles. The summed E-state index contributed by atoms with van der Waals surface area (Å²) in [4.78, 5) is 26.4. The molecule has 0 saturated carbocycles. The fourth-order valence-electron chi connectivity index (χ4n) is 3.19. The molecule has 1 aromatic heterocycles. The van der Waals surface area contributed by atoms with Gasteiger partial charge in [-0.15, -0.1) is 0 Å². The van der Waals surface area contributed by atoms with Crippen molar-refractivity contribution in [3.8, 4) is 0 Å². The number of anilines is 1. The minimum atomic E-state index is -0.0973. The van der Waals surface area contributed by atoms with E-state index in [1.54, 1.807) is 24.1 Å². The van der Waals surface area contributed by atoms with Crippen molar-refractivity contribution in [2.24, 2.45) is 13.0 Å². The van der Waals surface area contributed by atoms with Gasteiger partial charge in [-0.3, -0.25) is 14.3 Å². The number of benzene rings is 1. The lowest BCUT2D eigenvalue weighted by atomic mass is 9.96. The molecule has 0 bridgehead atoms. The lowest BCUT2D eigenvalue weighted by molar-refractivity contribution is -0.131. The van der Waals surface area contributed by atoms with Crippen LogP contribution in [-0.2, 0) is 18.3 Å². The molecular weight excluding hydrogens is 330 g/mol. The van der Waals surface area contributed by atoms with Gasteiger partial charge >= 0.3 is 0 Å². The van der Waals surface area contributed by atoms with Crippen LogP contribution in [0.3, 0.4) is 0 Å². The number of carbonyl (C=O) groups excluding carboxylic acids is 2. The van der Waals surface area contributed by atoms with Gasteiger partial charge in [-0.1, -0.05) is 12.1 Å². The Hall–Kier alpha value is -2.83. The lowest BCUT2D eigenvalue weighted by Crippen LogP contribution is -2.42. The van der Waals surface area contributed by atoms with Crippen LogP contribution in [0.4, 0.5) is 5.69 Å². The first kappa shape index (κ1) is 18.0. The van der Waals surface area contributed by atoms with Gasteiger partial charge in [0.15, 0.2) is 0 Å². The number of likely N-dealkylation sites (tertiary alicyclic amines) is 1. The Morgan fingerprint density at radius 1 is 1.23 bits per heavy atom. The SMILES string of the molecule is Cn1cc(C(=O)NCC2CCN(C(=O)Cc3ccc(N)cc3)CC2)cn1. The molecular formula is C19H25N5O2. The van der Waals surface area contributed by atoms with Crippen LogP contribution in [0.1, 0.15) is 28.8 Å². The van der Waals surface area contributed by atoms with E-state index >= 15 is 0 Å². The van der Waals surface area contributed by atoms with Crippen molar-refractivity contribution in [1.82, 2.24) is 20.0 Å². The fourth-order valence-corrected chi connectivity index (χ4v) is 3.19. The van der Waals surface area contributed by atoms with Crippen LogP contribution in [0.15, 0.2) is 36.7 Å². The van der Waals surface area contributed by atoms with Crippen molar-refractivity contribution in [2.45, 2.75) is 19.3 Å². The van der Waals surface area contributed by atoms with Crippen molar-refractivity contribution in [1.29, 1.82) is 0 Å². The Kier molecular flexibility index (Phi) is 5.55. The standard InChI is InChI=1S/C19H25N5O2/c1-23-13-16(12-22-23)19(26)21-11-15-6-8-24(9-7-15)18(25)10-14-2-4-17(20)5-3-14/h2-5,12-13,15H,6-11,20H2,1H3,(H,21,26). The van der Waals surface area contributed by atoms with E-state index in [9.17, 15) is 9.59 Å². The second-order valence-electron chi connectivity index (χ2n) is 6.86. The second kappa shape index (κ2) is 8.03. The summed E-state index contributed by atoms with van der Waals surface area (Å²) in [5.74, 6) is 0.448. The molecule has 0 radical (unpaired) electrons. The molecule has 3 N–H and O–H groups in total. The third-order valence-corrected chi connectivity index (χ3v) is 4.82. The summed E-state index contributed by atoms with van der Waals surface area (Å²) in [6.07, 6.45) is 5.48. The average Bonchev–Trinajstić information content (AvgIpc) is 3.08. The average molecular weight is 355 g/mol. The minimum absolute atomic E-state index is 0.0973. The van der Waals surface area contributed by atoms with E-state index in [4.69, 9.17) is 5.73 Å². The quantitative estimate of drug-likeness (QED) is 0.789. The summed E-state index contributed by atoms with van der Waals surface area (Å²) in [7, 11) is 1.79. The summed E-state index contributed by atoms with van der Waals surface area (Å²) < 4.78 is 1.61. The first-order valence-electron chi connectivity index (χ1n) is 8.90. The Morgan fingerprint density at radius 2 is 1.92 bits per heavy atom. The number of hydrogen-bond acceptors (Lipinski definition) is 4. The van der Waals surface area contributed by atoms with Crippen molar-refractivity contribution >= 4 is 17.5 Å². The number of piperidine rings is 1. The van der Waals surface area contributed by atoms with Gasteiger partial charge in [0.25, 0.3) is 5.91 Å². The summed E-state index contributed by atoms with van der Waals surface area (Å²) in [6, 6.07) is 7.43. The molecule has 0 spiro atoms. The number of carbonyl (C=O) groups is 2. The Labute approximate surface area is 153 Å². The van der Waals surface area contributed by atoms with Gasteiger partial charge in [0.2, 0.25) is 5.91 Å². The van der Waals surface area contributed by atoms with Gasteiger partial charge in [-0.25, -0.2) is 0 Å². The van der Waals surface area contributed by atoms with Crippen LogP contribution in [0.25, 0.3) is 0 Å². The molecule has 1 aliphatic heterocycles. The smallest absolute Gasteiger partial charge is 0.254 e. The number of amides is 2. The molecule has 7 heteroatoms. The van der Waals surface area contributed by atoms with E-state index in [2.05, 4.69) is 10.4 Å². The summed E-state index contributed by atoms with van der Waals surface area (Å²) in [5, 5.41) is 6.97. The van der Waals surface area contributed by atoms with Crippen LogP contribution in [0.2, 0.25) is 0 Å². The monoisotopic (exact) mass is 355 g/mol. The van der Waals surface area contributed by atoms with Crippen LogP contribution in [0.5, 0.6) is 0 Å². The van der Waals surface area contributed by atoms with Crippen LogP contribution >= 0.6 is 0 Å². The van der Waals surface area contributed by atoms with Crippen molar-refractivity contribution in [3.05, 3.63) is 47.8 Å². The van der Waals surface area contributed by atoms with Gasteiger partial charge in [0.1, 0.15) is 0 Å². The van der Waals surface area contributed by atoms with Gasteiger partial charge < -0.3 is 16.0 Å². The van der Waals surface area contributed by atoms with Gasteiger partial charge in [0.05, 0.1) is 18.2 Å².